The molecule has 0 spiro atoms. The molecule has 0 radical (unpaired) electrons. The Balaban J connectivity index is 2.59. The number of rotatable bonds is 4. The van der Waals surface area contributed by atoms with Crippen molar-refractivity contribution in [3.63, 3.8) is 0 Å². The van der Waals surface area contributed by atoms with Gasteiger partial charge >= 0.3 is 0 Å². The van der Waals surface area contributed by atoms with Gasteiger partial charge in [-0.2, -0.15) is 5.10 Å². The van der Waals surface area contributed by atoms with E-state index >= 15 is 0 Å². The molecule has 1 N–H and O–H groups in total. The lowest BCUT2D eigenvalue weighted by Crippen LogP contribution is -2.23. The summed E-state index contributed by atoms with van der Waals surface area (Å²) in [7, 11) is 1.95. The van der Waals surface area contributed by atoms with Crippen molar-refractivity contribution in [3.8, 4) is 0 Å². The Morgan fingerprint density at radius 3 is 2.55 bits per heavy atom. The van der Waals surface area contributed by atoms with E-state index in [4.69, 9.17) is 23.2 Å². The molecule has 2 rings (SSSR count). The average molecular weight is 312 g/mol. The number of hydrogen-bond donors (Lipinski definition) is 1. The van der Waals surface area contributed by atoms with E-state index in [1.54, 1.807) is 6.07 Å². The molecule has 5 heteroatoms. The summed E-state index contributed by atoms with van der Waals surface area (Å²) in [5.74, 6) is 0. The lowest BCUT2D eigenvalue weighted by Gasteiger charge is -2.21. The first-order valence-corrected chi connectivity index (χ1v) is 7.39. The Bertz CT molecular complexity index is 620. The van der Waals surface area contributed by atoms with Crippen LogP contribution in [0.15, 0.2) is 18.2 Å². The zero-order valence-corrected chi connectivity index (χ0v) is 13.7. The molecule has 0 aliphatic rings. The van der Waals surface area contributed by atoms with Gasteiger partial charge in [-0.15, -0.1) is 0 Å². The van der Waals surface area contributed by atoms with Crippen molar-refractivity contribution in [2.75, 3.05) is 6.54 Å². The molecule has 2 aromatic rings. The summed E-state index contributed by atoms with van der Waals surface area (Å²) >= 11 is 12.5. The third kappa shape index (κ3) is 2.85. The maximum atomic E-state index is 6.36. The molecule has 3 nitrogen and oxygen atoms in total. The number of nitrogens with one attached hydrogen (secondary N) is 1. The first-order chi connectivity index (χ1) is 9.45. The van der Waals surface area contributed by atoms with Crippen molar-refractivity contribution >= 4 is 23.2 Å². The molecule has 0 fully saturated rings. The average Bonchev–Trinajstić information content (AvgIpc) is 2.64. The smallest absolute Gasteiger partial charge is 0.0647 e. The number of nitrogens with zero attached hydrogens (tertiary/aromatic N) is 2. The summed E-state index contributed by atoms with van der Waals surface area (Å²) in [5, 5.41) is 9.37. The molecule has 0 bridgehead atoms. The molecule has 0 aliphatic heterocycles. The normalized spacial score (nSPS) is 12.7. The lowest BCUT2D eigenvalue weighted by molar-refractivity contribution is 0.623. The number of aromatic nitrogens is 2. The maximum absolute atomic E-state index is 6.36. The zero-order chi connectivity index (χ0) is 14.9. The van der Waals surface area contributed by atoms with Gasteiger partial charge < -0.3 is 5.32 Å². The van der Waals surface area contributed by atoms with Crippen LogP contribution in [-0.4, -0.2) is 16.3 Å². The summed E-state index contributed by atoms with van der Waals surface area (Å²) < 4.78 is 1.90. The maximum Gasteiger partial charge on any atom is 0.0647 e. The van der Waals surface area contributed by atoms with Crippen LogP contribution in [0.5, 0.6) is 0 Å². The van der Waals surface area contributed by atoms with E-state index < -0.39 is 0 Å². The quantitative estimate of drug-likeness (QED) is 0.923. The topological polar surface area (TPSA) is 29.9 Å². The molecule has 0 aliphatic carbocycles. The van der Waals surface area contributed by atoms with Crippen molar-refractivity contribution in [3.05, 3.63) is 50.8 Å². The summed E-state index contributed by atoms with van der Waals surface area (Å²) in [6.07, 6.45) is 0. The van der Waals surface area contributed by atoms with Gasteiger partial charge in [-0.3, -0.25) is 4.68 Å². The van der Waals surface area contributed by atoms with Crippen LogP contribution in [0.2, 0.25) is 10.0 Å². The fourth-order valence-corrected chi connectivity index (χ4v) is 2.92. The lowest BCUT2D eigenvalue weighted by atomic mass is 9.97. The third-order valence-electron chi connectivity index (χ3n) is 3.53. The van der Waals surface area contributed by atoms with Crippen LogP contribution in [0, 0.1) is 13.8 Å². The molecular formula is C15H19Cl2N3. The van der Waals surface area contributed by atoms with E-state index in [1.165, 1.54) is 5.56 Å². The highest BCUT2D eigenvalue weighted by Crippen LogP contribution is 2.33. The highest BCUT2D eigenvalue weighted by molar-refractivity contribution is 6.33. The van der Waals surface area contributed by atoms with Gasteiger partial charge in [0.15, 0.2) is 0 Å². The molecule has 0 amide bonds. The van der Waals surface area contributed by atoms with Crippen LogP contribution in [0.4, 0.5) is 0 Å². The summed E-state index contributed by atoms with van der Waals surface area (Å²) in [5.41, 5.74) is 4.29. The van der Waals surface area contributed by atoms with Gasteiger partial charge in [-0.05, 0) is 44.2 Å². The summed E-state index contributed by atoms with van der Waals surface area (Å²) in [4.78, 5) is 0. The van der Waals surface area contributed by atoms with Crippen molar-refractivity contribution in [2.24, 2.45) is 7.05 Å². The van der Waals surface area contributed by atoms with Crippen LogP contribution >= 0.6 is 23.2 Å². The zero-order valence-electron chi connectivity index (χ0n) is 12.2. The number of hydrogen-bond acceptors (Lipinski definition) is 2. The molecule has 0 saturated carbocycles. The Morgan fingerprint density at radius 1 is 1.30 bits per heavy atom. The fourth-order valence-electron chi connectivity index (χ4n) is 2.52. The molecule has 1 atom stereocenters. The first kappa shape index (κ1) is 15.4. The minimum absolute atomic E-state index is 0.0000926. The Hall–Kier alpha value is -1.03. The molecule has 0 saturated heterocycles. The molecule has 108 valence electrons. The molecule has 20 heavy (non-hydrogen) atoms. The minimum atomic E-state index is -0.0000926. The second kappa shape index (κ2) is 6.17. The van der Waals surface area contributed by atoms with Crippen molar-refractivity contribution in [1.82, 2.24) is 15.1 Å². The number of aryl methyl sites for hydroxylation is 2. The predicted octanol–water partition coefficient (Wildman–Crippen LogP) is 4.04. The molecule has 1 heterocycles. The fraction of sp³-hybridized carbons (Fsp3) is 0.400. The van der Waals surface area contributed by atoms with E-state index in [-0.39, 0.29) is 6.04 Å². The van der Waals surface area contributed by atoms with Gasteiger partial charge in [0.25, 0.3) is 0 Å². The van der Waals surface area contributed by atoms with Crippen LogP contribution in [-0.2, 0) is 7.05 Å². The molecular weight excluding hydrogens is 293 g/mol. The van der Waals surface area contributed by atoms with Gasteiger partial charge in [-0.25, -0.2) is 0 Å². The Labute approximate surface area is 129 Å². The van der Waals surface area contributed by atoms with E-state index in [9.17, 15) is 0 Å². The van der Waals surface area contributed by atoms with Crippen molar-refractivity contribution in [2.45, 2.75) is 26.8 Å². The second-order valence-corrected chi connectivity index (χ2v) is 5.71. The second-order valence-electron chi connectivity index (χ2n) is 4.86. The van der Waals surface area contributed by atoms with Gasteiger partial charge in [-0.1, -0.05) is 30.1 Å². The van der Waals surface area contributed by atoms with Gasteiger partial charge in [0.1, 0.15) is 0 Å². The molecule has 1 aromatic heterocycles. The van der Waals surface area contributed by atoms with Crippen LogP contribution in [0.3, 0.4) is 0 Å². The van der Waals surface area contributed by atoms with Crippen molar-refractivity contribution in [1.29, 1.82) is 0 Å². The van der Waals surface area contributed by atoms with E-state index in [0.717, 1.165) is 23.5 Å². The van der Waals surface area contributed by atoms with E-state index in [1.807, 2.05) is 30.8 Å². The number of benzene rings is 1. The van der Waals surface area contributed by atoms with Gasteiger partial charge in [0.05, 0.1) is 11.7 Å². The van der Waals surface area contributed by atoms with Gasteiger partial charge in [0, 0.05) is 28.4 Å². The van der Waals surface area contributed by atoms with Crippen LogP contribution in [0.25, 0.3) is 0 Å². The largest absolute Gasteiger partial charge is 0.306 e. The molecule has 1 aromatic carbocycles. The Kier molecular flexibility index (Phi) is 4.74. The van der Waals surface area contributed by atoms with E-state index in [2.05, 4.69) is 24.3 Å². The predicted molar refractivity (Wildman–Crippen MR) is 84.7 cm³/mol. The summed E-state index contributed by atoms with van der Waals surface area (Å²) in [6.45, 7) is 7.00. The SMILES string of the molecule is CCNC(c1cc(Cl)ccc1Cl)c1c(C)nn(C)c1C. The standard InChI is InChI=1S/C15H19Cl2N3/c1-5-18-15(12-8-11(16)6-7-13(12)17)14-9(2)19-20(4)10(14)3/h6-8,15,18H,5H2,1-4H3. The van der Waals surface area contributed by atoms with Crippen molar-refractivity contribution < 1.29 is 0 Å². The monoisotopic (exact) mass is 311 g/mol. The van der Waals surface area contributed by atoms with E-state index in [0.29, 0.717) is 10.0 Å². The number of halogens is 2. The molecule has 1 unspecified atom stereocenters. The van der Waals surface area contributed by atoms with Crippen LogP contribution < -0.4 is 5.32 Å². The first-order valence-electron chi connectivity index (χ1n) is 6.64. The summed E-state index contributed by atoms with van der Waals surface area (Å²) in [6, 6.07) is 5.56. The third-order valence-corrected chi connectivity index (χ3v) is 4.11. The van der Waals surface area contributed by atoms with Crippen LogP contribution in [0.1, 0.15) is 35.5 Å². The Morgan fingerprint density at radius 2 is 2.00 bits per heavy atom. The highest BCUT2D eigenvalue weighted by Gasteiger charge is 2.23. The van der Waals surface area contributed by atoms with Gasteiger partial charge in [0.2, 0.25) is 0 Å². The minimum Gasteiger partial charge on any atom is -0.306 e. The highest BCUT2D eigenvalue weighted by atomic mass is 35.5.